The van der Waals surface area contributed by atoms with E-state index in [-0.39, 0.29) is 12.0 Å². The normalized spacial score (nSPS) is 12.4. The molecule has 112 valence electrons. The van der Waals surface area contributed by atoms with Crippen LogP contribution in [-0.4, -0.2) is 27.3 Å². The van der Waals surface area contributed by atoms with Gasteiger partial charge in [0.2, 0.25) is 0 Å². The van der Waals surface area contributed by atoms with Crippen LogP contribution < -0.4 is 0 Å². The Morgan fingerprint density at radius 3 is 2.76 bits per heavy atom. The van der Waals surface area contributed by atoms with Crippen molar-refractivity contribution in [2.24, 2.45) is 0 Å². The fraction of sp³-hybridized carbons (Fsp3) is 0.438. The molecule has 0 amide bonds. The van der Waals surface area contributed by atoms with Gasteiger partial charge in [0.15, 0.2) is 5.82 Å². The van der Waals surface area contributed by atoms with Crippen molar-refractivity contribution in [3.05, 3.63) is 47.5 Å². The quantitative estimate of drug-likeness (QED) is 0.793. The van der Waals surface area contributed by atoms with Crippen molar-refractivity contribution >= 4 is 5.97 Å². The Morgan fingerprint density at radius 1 is 1.38 bits per heavy atom. The van der Waals surface area contributed by atoms with Crippen molar-refractivity contribution < 1.29 is 9.53 Å². The van der Waals surface area contributed by atoms with E-state index in [9.17, 15) is 4.79 Å². The predicted molar refractivity (Wildman–Crippen MR) is 80.1 cm³/mol. The first-order valence-corrected chi connectivity index (χ1v) is 7.17. The van der Waals surface area contributed by atoms with Gasteiger partial charge in [0.1, 0.15) is 12.2 Å². The van der Waals surface area contributed by atoms with Crippen LogP contribution in [0.15, 0.2) is 30.6 Å². The van der Waals surface area contributed by atoms with Crippen molar-refractivity contribution in [2.75, 3.05) is 6.61 Å². The number of nitrogens with zero attached hydrogens (tertiary/aromatic N) is 3. The van der Waals surface area contributed by atoms with E-state index in [0.717, 1.165) is 11.1 Å². The molecule has 1 unspecified atom stereocenters. The highest BCUT2D eigenvalue weighted by molar-refractivity contribution is 5.81. The van der Waals surface area contributed by atoms with Gasteiger partial charge < -0.3 is 9.30 Å². The van der Waals surface area contributed by atoms with Crippen LogP contribution in [0.25, 0.3) is 0 Å². The third kappa shape index (κ3) is 3.29. The number of esters is 1. The Bertz CT molecular complexity index is 619. The van der Waals surface area contributed by atoms with Crippen LogP contribution in [0.4, 0.5) is 0 Å². The van der Waals surface area contributed by atoms with E-state index in [2.05, 4.69) is 10.2 Å². The Hall–Kier alpha value is -2.17. The van der Waals surface area contributed by atoms with Crippen molar-refractivity contribution in [3.63, 3.8) is 0 Å². The number of aryl methyl sites for hydroxylation is 1. The molecule has 0 saturated carbocycles. The summed E-state index contributed by atoms with van der Waals surface area (Å²) < 4.78 is 7.14. The Kier molecular flexibility index (Phi) is 4.73. The summed E-state index contributed by atoms with van der Waals surface area (Å²) in [4.78, 5) is 12.4. The SMILES string of the molecule is CCOC(=O)C(c1cccc(C)c1)c1nncn1C(C)C. The summed E-state index contributed by atoms with van der Waals surface area (Å²) in [5, 5.41) is 8.12. The van der Waals surface area contributed by atoms with Gasteiger partial charge in [0.25, 0.3) is 0 Å². The van der Waals surface area contributed by atoms with E-state index in [0.29, 0.717) is 12.4 Å². The summed E-state index contributed by atoms with van der Waals surface area (Å²) >= 11 is 0. The van der Waals surface area contributed by atoms with E-state index in [1.807, 2.05) is 49.6 Å². The smallest absolute Gasteiger partial charge is 0.321 e. The molecule has 0 saturated heterocycles. The molecule has 0 fully saturated rings. The van der Waals surface area contributed by atoms with Crippen LogP contribution in [0.3, 0.4) is 0 Å². The lowest BCUT2D eigenvalue weighted by Gasteiger charge is -2.18. The molecule has 1 heterocycles. The van der Waals surface area contributed by atoms with Gasteiger partial charge in [0, 0.05) is 6.04 Å². The third-order valence-electron chi connectivity index (χ3n) is 3.31. The molecule has 0 N–H and O–H groups in total. The summed E-state index contributed by atoms with van der Waals surface area (Å²) in [5.74, 6) is -0.221. The van der Waals surface area contributed by atoms with Crippen LogP contribution in [0, 0.1) is 6.92 Å². The van der Waals surface area contributed by atoms with Crippen molar-refractivity contribution in [1.29, 1.82) is 0 Å². The van der Waals surface area contributed by atoms with Gasteiger partial charge in [-0.2, -0.15) is 0 Å². The Balaban J connectivity index is 2.51. The minimum atomic E-state index is -0.547. The number of aromatic nitrogens is 3. The molecule has 0 aliphatic rings. The lowest BCUT2D eigenvalue weighted by Crippen LogP contribution is -2.22. The molecule has 2 aromatic rings. The molecule has 0 aliphatic heterocycles. The van der Waals surface area contributed by atoms with Crippen molar-refractivity contribution in [3.8, 4) is 0 Å². The molecule has 21 heavy (non-hydrogen) atoms. The number of ether oxygens (including phenoxy) is 1. The zero-order chi connectivity index (χ0) is 15.4. The lowest BCUT2D eigenvalue weighted by atomic mass is 9.96. The van der Waals surface area contributed by atoms with Gasteiger partial charge in [-0.25, -0.2) is 0 Å². The maximum atomic E-state index is 12.4. The highest BCUT2D eigenvalue weighted by atomic mass is 16.5. The largest absolute Gasteiger partial charge is 0.465 e. The molecule has 5 nitrogen and oxygen atoms in total. The fourth-order valence-electron chi connectivity index (χ4n) is 2.32. The first-order valence-electron chi connectivity index (χ1n) is 7.17. The highest BCUT2D eigenvalue weighted by Crippen LogP contribution is 2.27. The van der Waals surface area contributed by atoms with E-state index in [4.69, 9.17) is 4.74 Å². The Labute approximate surface area is 125 Å². The van der Waals surface area contributed by atoms with Gasteiger partial charge >= 0.3 is 5.97 Å². The van der Waals surface area contributed by atoms with E-state index in [1.54, 1.807) is 13.3 Å². The second kappa shape index (κ2) is 6.52. The zero-order valence-corrected chi connectivity index (χ0v) is 12.9. The van der Waals surface area contributed by atoms with Crippen molar-refractivity contribution in [1.82, 2.24) is 14.8 Å². The minimum absolute atomic E-state index is 0.178. The predicted octanol–water partition coefficient (Wildman–Crippen LogP) is 2.86. The average Bonchev–Trinajstić information content (AvgIpc) is 2.88. The molecule has 0 radical (unpaired) electrons. The van der Waals surface area contributed by atoms with Crippen LogP contribution in [0.5, 0.6) is 0 Å². The molecule has 0 bridgehead atoms. The molecule has 1 aromatic heterocycles. The highest BCUT2D eigenvalue weighted by Gasteiger charge is 2.29. The molecule has 0 aliphatic carbocycles. The first-order chi connectivity index (χ1) is 10.0. The number of carbonyl (C=O) groups excluding carboxylic acids is 1. The molecule has 1 aromatic carbocycles. The molecule has 5 heteroatoms. The minimum Gasteiger partial charge on any atom is -0.465 e. The number of benzene rings is 1. The summed E-state index contributed by atoms with van der Waals surface area (Å²) in [6.45, 7) is 8.21. The van der Waals surface area contributed by atoms with Crippen LogP contribution >= 0.6 is 0 Å². The second-order valence-electron chi connectivity index (χ2n) is 5.29. The molecular formula is C16H21N3O2. The number of hydrogen-bond donors (Lipinski definition) is 0. The van der Waals surface area contributed by atoms with E-state index in [1.165, 1.54) is 0 Å². The van der Waals surface area contributed by atoms with Crippen molar-refractivity contribution in [2.45, 2.75) is 39.7 Å². The van der Waals surface area contributed by atoms with Gasteiger partial charge in [-0.05, 0) is 33.3 Å². The van der Waals surface area contributed by atoms with Gasteiger partial charge in [-0.3, -0.25) is 4.79 Å². The Morgan fingerprint density at radius 2 is 2.14 bits per heavy atom. The van der Waals surface area contributed by atoms with E-state index >= 15 is 0 Å². The number of hydrogen-bond acceptors (Lipinski definition) is 4. The third-order valence-corrected chi connectivity index (χ3v) is 3.31. The van der Waals surface area contributed by atoms with Crippen LogP contribution in [0.1, 0.15) is 49.7 Å². The molecule has 0 spiro atoms. The first kappa shape index (κ1) is 15.2. The summed E-state index contributed by atoms with van der Waals surface area (Å²) in [7, 11) is 0. The molecular weight excluding hydrogens is 266 g/mol. The molecule has 1 atom stereocenters. The second-order valence-corrected chi connectivity index (χ2v) is 5.29. The monoisotopic (exact) mass is 287 g/mol. The number of carbonyl (C=O) groups is 1. The standard InChI is InChI=1S/C16H21N3O2/c1-5-21-16(20)14(13-8-6-7-12(4)9-13)15-18-17-10-19(15)11(2)3/h6-11,14H,5H2,1-4H3. The van der Waals surface area contributed by atoms with E-state index < -0.39 is 5.92 Å². The lowest BCUT2D eigenvalue weighted by molar-refractivity contribution is -0.144. The topological polar surface area (TPSA) is 57.0 Å². The van der Waals surface area contributed by atoms with Gasteiger partial charge in [-0.1, -0.05) is 29.8 Å². The summed E-state index contributed by atoms with van der Waals surface area (Å²) in [6, 6.07) is 8.03. The van der Waals surface area contributed by atoms with Crippen LogP contribution in [0.2, 0.25) is 0 Å². The molecule has 2 rings (SSSR count). The van der Waals surface area contributed by atoms with Gasteiger partial charge in [0.05, 0.1) is 6.61 Å². The summed E-state index contributed by atoms with van der Waals surface area (Å²) in [6.07, 6.45) is 1.65. The number of rotatable bonds is 5. The average molecular weight is 287 g/mol. The maximum absolute atomic E-state index is 12.4. The van der Waals surface area contributed by atoms with Gasteiger partial charge in [-0.15, -0.1) is 10.2 Å². The maximum Gasteiger partial charge on any atom is 0.321 e. The fourth-order valence-corrected chi connectivity index (χ4v) is 2.32. The van der Waals surface area contributed by atoms with Crippen LogP contribution in [-0.2, 0) is 9.53 Å². The summed E-state index contributed by atoms with van der Waals surface area (Å²) in [5.41, 5.74) is 1.97. The zero-order valence-electron chi connectivity index (χ0n) is 12.9.